The Morgan fingerprint density at radius 3 is 1.87 bits per heavy atom. The monoisotopic (exact) mass is 233 g/mol. The molecule has 0 amide bonds. The van der Waals surface area contributed by atoms with Crippen LogP contribution in [0.2, 0.25) is 6.04 Å². The molecular weight excluding hydrogens is 206 g/mol. The van der Waals surface area contributed by atoms with Gasteiger partial charge in [-0.25, -0.2) is 0 Å². The molecule has 0 aliphatic heterocycles. The molecule has 0 aromatic heterocycles. The van der Waals surface area contributed by atoms with Crippen LogP contribution in [0.5, 0.6) is 0 Å². The van der Waals surface area contributed by atoms with Gasteiger partial charge in [-0.15, -0.1) is 0 Å². The zero-order chi connectivity index (χ0) is 11.4. The molecule has 0 spiro atoms. The lowest BCUT2D eigenvalue weighted by atomic mass is 10.4. The first-order valence-corrected chi connectivity index (χ1v) is 8.04. The molecule has 2 N–H and O–H groups in total. The lowest BCUT2D eigenvalue weighted by Gasteiger charge is -2.16. The molecule has 0 aromatic carbocycles. The summed E-state index contributed by atoms with van der Waals surface area (Å²) in [6, 6.07) is 1.06. The Balaban J connectivity index is 3.53. The van der Waals surface area contributed by atoms with Gasteiger partial charge in [-0.3, -0.25) is 0 Å². The highest BCUT2D eigenvalue weighted by Gasteiger charge is 2.11. The summed E-state index contributed by atoms with van der Waals surface area (Å²) < 4.78 is 11.6. The highest BCUT2D eigenvalue weighted by atomic mass is 28.3. The fraction of sp³-hybridized carbons (Fsp3) is 1.00. The van der Waals surface area contributed by atoms with Gasteiger partial charge in [0, 0.05) is 13.2 Å². The molecular formula is C11H27NO2Si. The maximum atomic E-state index is 5.79. The van der Waals surface area contributed by atoms with Gasteiger partial charge in [0.25, 0.3) is 0 Å². The predicted molar refractivity (Wildman–Crippen MR) is 67.3 cm³/mol. The molecule has 0 rings (SSSR count). The topological polar surface area (TPSA) is 44.5 Å². The van der Waals surface area contributed by atoms with Crippen LogP contribution in [0, 0.1) is 0 Å². The van der Waals surface area contributed by atoms with Crippen molar-refractivity contribution in [2.45, 2.75) is 52.0 Å². The van der Waals surface area contributed by atoms with Crippen LogP contribution in [-0.2, 0) is 8.85 Å². The number of hydrogen-bond acceptors (Lipinski definition) is 3. The third kappa shape index (κ3) is 10.4. The van der Waals surface area contributed by atoms with E-state index in [-0.39, 0.29) is 0 Å². The Hall–Kier alpha value is 0.0969. The van der Waals surface area contributed by atoms with E-state index < -0.39 is 9.28 Å². The van der Waals surface area contributed by atoms with Gasteiger partial charge >= 0.3 is 9.28 Å². The maximum Gasteiger partial charge on any atom is 0.321 e. The SMILES string of the molecule is CCCCO[SiH](CCCN)OCCCC. The summed E-state index contributed by atoms with van der Waals surface area (Å²) in [6.45, 7) is 6.83. The van der Waals surface area contributed by atoms with E-state index in [0.29, 0.717) is 0 Å². The fourth-order valence-corrected chi connectivity index (χ4v) is 3.08. The van der Waals surface area contributed by atoms with E-state index in [1.54, 1.807) is 0 Å². The van der Waals surface area contributed by atoms with Crippen LogP contribution in [0.25, 0.3) is 0 Å². The molecule has 15 heavy (non-hydrogen) atoms. The van der Waals surface area contributed by atoms with Crippen LogP contribution >= 0.6 is 0 Å². The van der Waals surface area contributed by atoms with Gasteiger partial charge in [-0.1, -0.05) is 26.7 Å². The van der Waals surface area contributed by atoms with E-state index >= 15 is 0 Å². The molecule has 0 saturated heterocycles. The van der Waals surface area contributed by atoms with Crippen LogP contribution in [0.1, 0.15) is 46.0 Å². The Kier molecular flexibility index (Phi) is 12.2. The molecule has 0 saturated carbocycles. The largest absolute Gasteiger partial charge is 0.397 e. The van der Waals surface area contributed by atoms with Crippen LogP contribution in [-0.4, -0.2) is 29.0 Å². The average molecular weight is 233 g/mol. The van der Waals surface area contributed by atoms with E-state index in [4.69, 9.17) is 14.6 Å². The van der Waals surface area contributed by atoms with Crippen molar-refractivity contribution in [1.29, 1.82) is 0 Å². The minimum atomic E-state index is -1.39. The number of unbranched alkanes of at least 4 members (excludes halogenated alkanes) is 2. The summed E-state index contributed by atoms with van der Waals surface area (Å²) in [5.41, 5.74) is 5.50. The standard InChI is InChI=1S/C11H27NO2Si/c1-3-5-9-13-15(11-7-8-12)14-10-6-4-2/h15H,3-12H2,1-2H3. The van der Waals surface area contributed by atoms with Crippen molar-refractivity contribution in [3.8, 4) is 0 Å². The highest BCUT2D eigenvalue weighted by Crippen LogP contribution is 2.03. The summed E-state index contributed by atoms with van der Waals surface area (Å²) in [4.78, 5) is 0. The van der Waals surface area contributed by atoms with Crippen LogP contribution in [0.15, 0.2) is 0 Å². The third-order valence-corrected chi connectivity index (χ3v) is 4.34. The smallest absolute Gasteiger partial charge is 0.321 e. The molecule has 92 valence electrons. The molecule has 4 heteroatoms. The van der Waals surface area contributed by atoms with E-state index in [0.717, 1.165) is 45.1 Å². The van der Waals surface area contributed by atoms with Crippen molar-refractivity contribution < 1.29 is 8.85 Å². The molecule has 0 aliphatic carbocycles. The number of rotatable bonds is 11. The minimum Gasteiger partial charge on any atom is -0.397 e. The predicted octanol–water partition coefficient (Wildman–Crippen LogP) is 2.19. The second-order valence-corrected chi connectivity index (χ2v) is 5.91. The molecule has 0 heterocycles. The molecule has 3 nitrogen and oxygen atoms in total. The Bertz CT molecular complexity index is 115. The van der Waals surface area contributed by atoms with Gasteiger partial charge in [0.05, 0.1) is 0 Å². The second-order valence-electron chi connectivity index (χ2n) is 3.81. The van der Waals surface area contributed by atoms with E-state index in [1.165, 1.54) is 12.8 Å². The summed E-state index contributed by atoms with van der Waals surface area (Å²) in [6.07, 6.45) is 5.70. The van der Waals surface area contributed by atoms with Crippen molar-refractivity contribution >= 4 is 9.28 Å². The number of nitrogens with two attached hydrogens (primary N) is 1. The van der Waals surface area contributed by atoms with Crippen molar-refractivity contribution in [3.63, 3.8) is 0 Å². The quantitative estimate of drug-likeness (QED) is 0.439. The molecule has 0 atom stereocenters. The van der Waals surface area contributed by atoms with E-state index in [9.17, 15) is 0 Å². The second kappa shape index (κ2) is 12.2. The number of hydrogen-bond donors (Lipinski definition) is 1. The van der Waals surface area contributed by atoms with Gasteiger partial charge < -0.3 is 14.6 Å². The molecule has 0 radical (unpaired) electrons. The minimum absolute atomic E-state index is 0.748. The van der Waals surface area contributed by atoms with Crippen molar-refractivity contribution in [1.82, 2.24) is 0 Å². The summed E-state index contributed by atoms with van der Waals surface area (Å²) in [5.74, 6) is 0. The fourth-order valence-electron chi connectivity index (χ4n) is 1.22. The van der Waals surface area contributed by atoms with E-state index in [1.807, 2.05) is 0 Å². The summed E-state index contributed by atoms with van der Waals surface area (Å²) in [5, 5.41) is 0. The molecule has 0 aromatic rings. The summed E-state index contributed by atoms with van der Waals surface area (Å²) >= 11 is 0. The zero-order valence-corrected chi connectivity index (χ0v) is 11.5. The molecule has 0 fully saturated rings. The van der Waals surface area contributed by atoms with Gasteiger partial charge in [-0.2, -0.15) is 0 Å². The van der Waals surface area contributed by atoms with Gasteiger partial charge in [0.1, 0.15) is 0 Å². The van der Waals surface area contributed by atoms with Gasteiger partial charge in [-0.05, 0) is 31.9 Å². The van der Waals surface area contributed by atoms with Crippen molar-refractivity contribution in [2.75, 3.05) is 19.8 Å². The Morgan fingerprint density at radius 2 is 1.47 bits per heavy atom. The van der Waals surface area contributed by atoms with E-state index in [2.05, 4.69) is 13.8 Å². The lowest BCUT2D eigenvalue weighted by molar-refractivity contribution is 0.191. The first-order chi connectivity index (χ1) is 7.35. The third-order valence-electron chi connectivity index (χ3n) is 2.25. The Morgan fingerprint density at radius 1 is 0.933 bits per heavy atom. The van der Waals surface area contributed by atoms with Crippen LogP contribution in [0.4, 0.5) is 0 Å². The van der Waals surface area contributed by atoms with Gasteiger partial charge in [0.2, 0.25) is 0 Å². The van der Waals surface area contributed by atoms with Gasteiger partial charge in [0.15, 0.2) is 0 Å². The summed E-state index contributed by atoms with van der Waals surface area (Å²) in [7, 11) is -1.39. The van der Waals surface area contributed by atoms with Crippen LogP contribution in [0.3, 0.4) is 0 Å². The maximum absolute atomic E-state index is 5.79. The van der Waals surface area contributed by atoms with Crippen LogP contribution < -0.4 is 5.73 Å². The normalized spacial score (nSPS) is 11.2. The zero-order valence-electron chi connectivity index (χ0n) is 10.3. The highest BCUT2D eigenvalue weighted by molar-refractivity contribution is 6.44. The first-order valence-electron chi connectivity index (χ1n) is 6.28. The Labute approximate surface area is 96.2 Å². The molecule has 0 aliphatic rings. The molecule has 0 unspecified atom stereocenters. The average Bonchev–Trinajstić information content (AvgIpc) is 2.25. The first kappa shape index (κ1) is 15.1. The van der Waals surface area contributed by atoms with Crippen molar-refractivity contribution in [3.05, 3.63) is 0 Å². The molecule has 0 bridgehead atoms. The lowest BCUT2D eigenvalue weighted by Crippen LogP contribution is -2.25. The van der Waals surface area contributed by atoms with Crippen molar-refractivity contribution in [2.24, 2.45) is 5.73 Å².